The summed E-state index contributed by atoms with van der Waals surface area (Å²) in [5, 5.41) is 2.91. The van der Waals surface area contributed by atoms with E-state index < -0.39 is 10.0 Å². The van der Waals surface area contributed by atoms with Crippen molar-refractivity contribution in [3.8, 4) is 0 Å². The summed E-state index contributed by atoms with van der Waals surface area (Å²) in [6.07, 6.45) is 5.10. The molecule has 1 amide bonds. The molecule has 0 spiro atoms. The Morgan fingerprint density at radius 3 is 2.40 bits per heavy atom. The summed E-state index contributed by atoms with van der Waals surface area (Å²) in [5.74, 6) is -0.115. The third-order valence-electron chi connectivity index (χ3n) is 4.69. The van der Waals surface area contributed by atoms with Crippen LogP contribution in [0.2, 0.25) is 0 Å². The second kappa shape index (κ2) is 6.19. The van der Waals surface area contributed by atoms with Crippen molar-refractivity contribution < 1.29 is 13.2 Å². The fourth-order valence-electron chi connectivity index (χ4n) is 3.12. The zero-order valence-corrected chi connectivity index (χ0v) is 14.6. The number of benzene rings is 2. The fourth-order valence-corrected chi connectivity index (χ4v) is 4.22. The summed E-state index contributed by atoms with van der Waals surface area (Å²) < 4.78 is 27.8. The average molecular weight is 356 g/mol. The second-order valence-electron chi connectivity index (χ2n) is 6.71. The minimum Gasteiger partial charge on any atom is -0.349 e. The molecule has 2 aliphatic carbocycles. The highest BCUT2D eigenvalue weighted by atomic mass is 32.2. The topological polar surface area (TPSA) is 75.3 Å². The molecule has 25 heavy (non-hydrogen) atoms. The molecule has 0 bridgehead atoms. The minimum absolute atomic E-state index is 0.115. The van der Waals surface area contributed by atoms with Crippen LogP contribution in [0.4, 0.5) is 5.69 Å². The third kappa shape index (κ3) is 3.54. The Kier molecular flexibility index (Phi) is 4.00. The Hall–Kier alpha value is -2.34. The first kappa shape index (κ1) is 16.1. The number of sulfonamides is 1. The van der Waals surface area contributed by atoms with Crippen LogP contribution in [0.5, 0.6) is 0 Å². The Morgan fingerprint density at radius 1 is 0.960 bits per heavy atom. The molecule has 2 N–H and O–H groups in total. The molecule has 0 heterocycles. The molecule has 130 valence electrons. The van der Waals surface area contributed by atoms with Crippen LogP contribution in [0.25, 0.3) is 0 Å². The molecule has 2 aromatic carbocycles. The van der Waals surface area contributed by atoms with Crippen LogP contribution in [-0.2, 0) is 22.9 Å². The van der Waals surface area contributed by atoms with Crippen molar-refractivity contribution >= 4 is 21.6 Å². The molecule has 0 unspecified atom stereocenters. The van der Waals surface area contributed by atoms with Gasteiger partial charge in [0.1, 0.15) is 0 Å². The molecule has 0 aliphatic heterocycles. The largest absolute Gasteiger partial charge is 0.349 e. The van der Waals surface area contributed by atoms with Crippen LogP contribution in [0.15, 0.2) is 47.4 Å². The number of aryl methyl sites for hydroxylation is 2. The third-order valence-corrected chi connectivity index (χ3v) is 6.07. The van der Waals surface area contributed by atoms with Gasteiger partial charge in [0.05, 0.1) is 4.90 Å². The zero-order valence-electron chi connectivity index (χ0n) is 13.8. The smallest absolute Gasteiger partial charge is 0.261 e. The predicted octanol–water partition coefficient (Wildman–Crippen LogP) is 2.87. The maximum atomic E-state index is 12.6. The van der Waals surface area contributed by atoms with Gasteiger partial charge in [-0.15, -0.1) is 0 Å². The van der Waals surface area contributed by atoms with E-state index in [0.717, 1.165) is 37.7 Å². The summed E-state index contributed by atoms with van der Waals surface area (Å²) in [4.78, 5) is 12.3. The van der Waals surface area contributed by atoms with Crippen molar-refractivity contribution in [2.24, 2.45) is 0 Å². The molecule has 0 saturated heterocycles. The van der Waals surface area contributed by atoms with Crippen LogP contribution in [0.3, 0.4) is 0 Å². The maximum Gasteiger partial charge on any atom is 0.261 e. The van der Waals surface area contributed by atoms with Gasteiger partial charge in [0.15, 0.2) is 0 Å². The average Bonchev–Trinajstić information content (AvgIpc) is 3.28. The van der Waals surface area contributed by atoms with E-state index in [1.165, 1.54) is 5.56 Å². The van der Waals surface area contributed by atoms with E-state index in [1.54, 1.807) is 36.4 Å². The van der Waals surface area contributed by atoms with Gasteiger partial charge in [-0.3, -0.25) is 9.52 Å². The number of rotatable bonds is 5. The minimum atomic E-state index is -3.63. The molecule has 5 nitrogen and oxygen atoms in total. The van der Waals surface area contributed by atoms with Crippen LogP contribution in [0.1, 0.15) is 40.7 Å². The first-order chi connectivity index (χ1) is 12.0. The molecule has 0 atom stereocenters. The SMILES string of the molecule is O=C(NC1CC1)c1ccc(NS(=O)(=O)c2ccc3c(c2)CCC3)cc1. The number of anilines is 1. The molecule has 1 fully saturated rings. The fraction of sp³-hybridized carbons (Fsp3) is 0.316. The Morgan fingerprint density at radius 2 is 1.68 bits per heavy atom. The predicted molar refractivity (Wildman–Crippen MR) is 96.2 cm³/mol. The molecule has 0 radical (unpaired) electrons. The van der Waals surface area contributed by atoms with Crippen molar-refractivity contribution in [1.29, 1.82) is 0 Å². The van der Waals surface area contributed by atoms with Gasteiger partial charge in [0.25, 0.3) is 15.9 Å². The standard InChI is InChI=1S/C19H20N2O3S/c22-19(20-16-9-10-16)14-4-7-17(8-5-14)21-25(23,24)18-11-6-13-2-1-3-15(13)12-18/h4-8,11-12,16,21H,1-3,9-10H2,(H,20,22). The van der Waals surface area contributed by atoms with Gasteiger partial charge in [-0.25, -0.2) is 8.42 Å². The van der Waals surface area contributed by atoms with Crippen molar-refractivity contribution in [3.05, 3.63) is 59.2 Å². The molecule has 1 saturated carbocycles. The lowest BCUT2D eigenvalue weighted by Gasteiger charge is -2.10. The Balaban J connectivity index is 1.49. The van der Waals surface area contributed by atoms with Gasteiger partial charge in [-0.05, 0) is 79.6 Å². The monoisotopic (exact) mass is 356 g/mol. The van der Waals surface area contributed by atoms with Gasteiger partial charge >= 0.3 is 0 Å². The van der Waals surface area contributed by atoms with Gasteiger partial charge in [0.2, 0.25) is 0 Å². The quantitative estimate of drug-likeness (QED) is 0.865. The molecular formula is C19H20N2O3S. The number of nitrogens with one attached hydrogen (secondary N) is 2. The summed E-state index contributed by atoms with van der Waals surface area (Å²) in [6.45, 7) is 0. The van der Waals surface area contributed by atoms with Gasteiger partial charge in [0, 0.05) is 17.3 Å². The number of fused-ring (bicyclic) bond motifs is 1. The first-order valence-electron chi connectivity index (χ1n) is 8.57. The Labute approximate surface area is 147 Å². The van der Waals surface area contributed by atoms with E-state index in [2.05, 4.69) is 10.0 Å². The van der Waals surface area contributed by atoms with Crippen LogP contribution in [0, 0.1) is 0 Å². The van der Waals surface area contributed by atoms with E-state index in [4.69, 9.17) is 0 Å². The summed E-state index contributed by atoms with van der Waals surface area (Å²) in [5.41, 5.74) is 3.34. The summed E-state index contributed by atoms with van der Waals surface area (Å²) in [7, 11) is -3.63. The van der Waals surface area contributed by atoms with E-state index in [-0.39, 0.29) is 10.8 Å². The van der Waals surface area contributed by atoms with Gasteiger partial charge in [-0.1, -0.05) is 6.07 Å². The van der Waals surface area contributed by atoms with E-state index in [1.807, 2.05) is 6.07 Å². The van der Waals surface area contributed by atoms with Crippen molar-refractivity contribution in [3.63, 3.8) is 0 Å². The number of carbonyl (C=O) groups excluding carboxylic acids is 1. The lowest BCUT2D eigenvalue weighted by molar-refractivity contribution is 0.0951. The number of hydrogen-bond acceptors (Lipinski definition) is 3. The molecular weight excluding hydrogens is 336 g/mol. The van der Waals surface area contributed by atoms with E-state index in [0.29, 0.717) is 17.3 Å². The number of hydrogen-bond donors (Lipinski definition) is 2. The Bertz CT molecular complexity index is 916. The van der Waals surface area contributed by atoms with Crippen molar-refractivity contribution in [2.75, 3.05) is 4.72 Å². The zero-order chi connectivity index (χ0) is 17.4. The molecule has 4 rings (SSSR count). The lowest BCUT2D eigenvalue weighted by Crippen LogP contribution is -2.25. The normalized spacial score (nSPS) is 16.3. The highest BCUT2D eigenvalue weighted by Gasteiger charge is 2.24. The highest BCUT2D eigenvalue weighted by Crippen LogP contribution is 2.26. The van der Waals surface area contributed by atoms with E-state index >= 15 is 0 Å². The van der Waals surface area contributed by atoms with Crippen LogP contribution in [-0.4, -0.2) is 20.4 Å². The second-order valence-corrected chi connectivity index (χ2v) is 8.40. The molecule has 2 aromatic rings. The van der Waals surface area contributed by atoms with Gasteiger partial charge < -0.3 is 5.32 Å². The number of carbonyl (C=O) groups is 1. The maximum absolute atomic E-state index is 12.6. The lowest BCUT2D eigenvalue weighted by atomic mass is 10.1. The van der Waals surface area contributed by atoms with Gasteiger partial charge in [-0.2, -0.15) is 0 Å². The van der Waals surface area contributed by atoms with E-state index in [9.17, 15) is 13.2 Å². The first-order valence-corrected chi connectivity index (χ1v) is 10.1. The summed E-state index contributed by atoms with van der Waals surface area (Å²) >= 11 is 0. The summed E-state index contributed by atoms with van der Waals surface area (Å²) in [6, 6.07) is 12.1. The molecule has 0 aromatic heterocycles. The van der Waals surface area contributed by atoms with Crippen LogP contribution >= 0.6 is 0 Å². The van der Waals surface area contributed by atoms with Crippen molar-refractivity contribution in [1.82, 2.24) is 5.32 Å². The van der Waals surface area contributed by atoms with Crippen molar-refractivity contribution in [2.45, 2.75) is 43.0 Å². The number of amides is 1. The molecule has 6 heteroatoms. The van der Waals surface area contributed by atoms with Crippen LogP contribution < -0.4 is 10.0 Å². The molecule has 2 aliphatic rings. The highest BCUT2D eigenvalue weighted by molar-refractivity contribution is 7.92.